The Kier molecular flexibility index (Phi) is 2.32. The van der Waals surface area contributed by atoms with Crippen LogP contribution in [0.5, 0.6) is 0 Å². The Balaban J connectivity index is 2.50. The first-order chi connectivity index (χ1) is 6.66. The average Bonchev–Trinajstić information content (AvgIpc) is 2.47. The van der Waals surface area contributed by atoms with Crippen LogP contribution in [-0.4, -0.2) is 4.98 Å². The van der Waals surface area contributed by atoms with E-state index in [1.807, 2.05) is 0 Å². The fourth-order valence-corrected chi connectivity index (χ4v) is 1.90. The SMILES string of the molecule is Cc1ccc2[nH]cc(CC(C)C)c2c1. The highest BCUT2D eigenvalue weighted by Crippen LogP contribution is 2.21. The molecule has 0 saturated heterocycles. The molecule has 0 atom stereocenters. The largest absolute Gasteiger partial charge is 0.361 e. The minimum absolute atomic E-state index is 0.717. The lowest BCUT2D eigenvalue weighted by Gasteiger charge is -2.02. The number of aryl methyl sites for hydroxylation is 1. The molecule has 0 unspecified atom stereocenters. The van der Waals surface area contributed by atoms with Gasteiger partial charge in [-0.25, -0.2) is 0 Å². The highest BCUT2D eigenvalue weighted by atomic mass is 14.7. The zero-order valence-corrected chi connectivity index (χ0v) is 9.09. The minimum atomic E-state index is 0.717. The van der Waals surface area contributed by atoms with Crippen LogP contribution in [0.4, 0.5) is 0 Å². The van der Waals surface area contributed by atoms with Crippen LogP contribution in [0.15, 0.2) is 24.4 Å². The van der Waals surface area contributed by atoms with Crippen LogP contribution in [-0.2, 0) is 6.42 Å². The number of aromatic nitrogens is 1. The molecule has 2 aromatic rings. The molecule has 0 saturated carbocycles. The van der Waals surface area contributed by atoms with E-state index in [4.69, 9.17) is 0 Å². The lowest BCUT2D eigenvalue weighted by Crippen LogP contribution is -1.92. The minimum Gasteiger partial charge on any atom is -0.361 e. The molecule has 1 heteroatoms. The zero-order chi connectivity index (χ0) is 10.1. The van der Waals surface area contributed by atoms with Gasteiger partial charge in [-0.2, -0.15) is 0 Å². The second-order valence-corrected chi connectivity index (χ2v) is 4.46. The van der Waals surface area contributed by atoms with Gasteiger partial charge in [0, 0.05) is 17.1 Å². The van der Waals surface area contributed by atoms with E-state index < -0.39 is 0 Å². The molecule has 1 aromatic carbocycles. The van der Waals surface area contributed by atoms with E-state index in [0.29, 0.717) is 0 Å². The summed E-state index contributed by atoms with van der Waals surface area (Å²) in [6.07, 6.45) is 3.30. The van der Waals surface area contributed by atoms with Crippen LogP contribution in [0.25, 0.3) is 10.9 Å². The van der Waals surface area contributed by atoms with Crippen molar-refractivity contribution < 1.29 is 0 Å². The maximum absolute atomic E-state index is 3.32. The molecule has 0 fully saturated rings. The molecule has 2 rings (SSSR count). The van der Waals surface area contributed by atoms with E-state index in [-0.39, 0.29) is 0 Å². The van der Waals surface area contributed by atoms with Gasteiger partial charge in [-0.1, -0.05) is 25.5 Å². The molecule has 14 heavy (non-hydrogen) atoms. The van der Waals surface area contributed by atoms with Crippen molar-refractivity contribution in [3.05, 3.63) is 35.5 Å². The van der Waals surface area contributed by atoms with Crippen molar-refractivity contribution in [2.75, 3.05) is 0 Å². The smallest absolute Gasteiger partial charge is 0.0456 e. The molecule has 1 heterocycles. The molecule has 1 N–H and O–H groups in total. The molecule has 0 aliphatic heterocycles. The maximum atomic E-state index is 3.32. The number of nitrogens with one attached hydrogen (secondary N) is 1. The van der Waals surface area contributed by atoms with Gasteiger partial charge in [-0.05, 0) is 37.0 Å². The van der Waals surface area contributed by atoms with Crippen LogP contribution >= 0.6 is 0 Å². The first-order valence-electron chi connectivity index (χ1n) is 5.23. The number of fused-ring (bicyclic) bond motifs is 1. The summed E-state index contributed by atoms with van der Waals surface area (Å²) >= 11 is 0. The second-order valence-electron chi connectivity index (χ2n) is 4.46. The number of benzene rings is 1. The third-order valence-electron chi connectivity index (χ3n) is 2.55. The van der Waals surface area contributed by atoms with Crippen LogP contribution < -0.4 is 0 Å². The molecule has 1 nitrogen and oxygen atoms in total. The van der Waals surface area contributed by atoms with Crippen molar-refractivity contribution in [3.8, 4) is 0 Å². The zero-order valence-electron chi connectivity index (χ0n) is 9.09. The van der Waals surface area contributed by atoms with Gasteiger partial charge in [0.1, 0.15) is 0 Å². The van der Waals surface area contributed by atoms with Crippen molar-refractivity contribution in [1.29, 1.82) is 0 Å². The van der Waals surface area contributed by atoms with Gasteiger partial charge in [-0.15, -0.1) is 0 Å². The first kappa shape index (κ1) is 9.32. The Morgan fingerprint density at radius 2 is 2.07 bits per heavy atom. The topological polar surface area (TPSA) is 15.8 Å². The number of rotatable bonds is 2. The Hall–Kier alpha value is -1.24. The fourth-order valence-electron chi connectivity index (χ4n) is 1.90. The van der Waals surface area contributed by atoms with Crippen LogP contribution in [0.2, 0.25) is 0 Å². The van der Waals surface area contributed by atoms with Crippen LogP contribution in [0, 0.1) is 12.8 Å². The quantitative estimate of drug-likeness (QED) is 0.738. The van der Waals surface area contributed by atoms with Crippen LogP contribution in [0.3, 0.4) is 0 Å². The molecule has 0 aliphatic rings. The van der Waals surface area contributed by atoms with Crippen molar-refractivity contribution in [1.82, 2.24) is 4.98 Å². The summed E-state index contributed by atoms with van der Waals surface area (Å²) in [6.45, 7) is 6.66. The van der Waals surface area contributed by atoms with Gasteiger partial charge in [0.15, 0.2) is 0 Å². The number of hydrogen-bond acceptors (Lipinski definition) is 0. The normalized spacial score (nSPS) is 11.4. The summed E-state index contributed by atoms with van der Waals surface area (Å²) < 4.78 is 0. The van der Waals surface area contributed by atoms with Gasteiger partial charge in [0.25, 0.3) is 0 Å². The van der Waals surface area contributed by atoms with Gasteiger partial charge in [0.05, 0.1) is 0 Å². The fraction of sp³-hybridized carbons (Fsp3) is 0.385. The summed E-state index contributed by atoms with van der Waals surface area (Å²) in [5.41, 5.74) is 4.03. The molecular formula is C13H17N. The molecule has 0 bridgehead atoms. The molecule has 74 valence electrons. The molecule has 0 amide bonds. The molecular weight excluding hydrogens is 170 g/mol. The van der Waals surface area contributed by atoms with E-state index in [2.05, 4.69) is 50.2 Å². The van der Waals surface area contributed by atoms with Crippen LogP contribution in [0.1, 0.15) is 25.0 Å². The van der Waals surface area contributed by atoms with Crippen molar-refractivity contribution in [2.24, 2.45) is 5.92 Å². The lowest BCUT2D eigenvalue weighted by molar-refractivity contribution is 0.650. The van der Waals surface area contributed by atoms with E-state index in [9.17, 15) is 0 Å². The summed E-state index contributed by atoms with van der Waals surface area (Å²) in [5.74, 6) is 0.717. The predicted octanol–water partition coefficient (Wildman–Crippen LogP) is 3.67. The van der Waals surface area contributed by atoms with E-state index in [1.165, 1.54) is 22.0 Å². The van der Waals surface area contributed by atoms with E-state index >= 15 is 0 Å². The lowest BCUT2D eigenvalue weighted by atomic mass is 10.0. The highest BCUT2D eigenvalue weighted by Gasteiger charge is 2.05. The summed E-state index contributed by atoms with van der Waals surface area (Å²) in [4.78, 5) is 3.32. The third-order valence-corrected chi connectivity index (χ3v) is 2.55. The number of hydrogen-bond donors (Lipinski definition) is 1. The first-order valence-corrected chi connectivity index (χ1v) is 5.23. The van der Waals surface area contributed by atoms with Crippen molar-refractivity contribution in [3.63, 3.8) is 0 Å². The molecule has 0 spiro atoms. The number of aromatic amines is 1. The highest BCUT2D eigenvalue weighted by molar-refractivity contribution is 5.83. The number of H-pyrrole nitrogens is 1. The predicted molar refractivity (Wildman–Crippen MR) is 61.6 cm³/mol. The average molecular weight is 187 g/mol. The maximum Gasteiger partial charge on any atom is 0.0456 e. The van der Waals surface area contributed by atoms with E-state index in [1.54, 1.807) is 0 Å². The Morgan fingerprint density at radius 1 is 1.29 bits per heavy atom. The summed E-state index contributed by atoms with van der Waals surface area (Å²) in [7, 11) is 0. The second kappa shape index (κ2) is 3.49. The Morgan fingerprint density at radius 3 is 2.79 bits per heavy atom. The Labute approximate surface area is 85.1 Å². The monoisotopic (exact) mass is 187 g/mol. The van der Waals surface area contributed by atoms with Crippen molar-refractivity contribution >= 4 is 10.9 Å². The standard InChI is InChI=1S/C13H17N/c1-9(2)6-11-8-14-13-5-4-10(3)7-12(11)13/h4-5,7-9,14H,6H2,1-3H3. The van der Waals surface area contributed by atoms with Gasteiger partial charge >= 0.3 is 0 Å². The van der Waals surface area contributed by atoms with Crippen molar-refractivity contribution in [2.45, 2.75) is 27.2 Å². The summed E-state index contributed by atoms with van der Waals surface area (Å²) in [6, 6.07) is 6.58. The van der Waals surface area contributed by atoms with Gasteiger partial charge in [0.2, 0.25) is 0 Å². The Bertz CT molecular complexity index is 437. The molecule has 0 radical (unpaired) electrons. The molecule has 1 aromatic heterocycles. The van der Waals surface area contributed by atoms with Gasteiger partial charge in [-0.3, -0.25) is 0 Å². The van der Waals surface area contributed by atoms with E-state index in [0.717, 1.165) is 12.3 Å². The third kappa shape index (κ3) is 1.67. The summed E-state index contributed by atoms with van der Waals surface area (Å²) in [5, 5.41) is 1.39. The molecule has 0 aliphatic carbocycles. The van der Waals surface area contributed by atoms with Gasteiger partial charge < -0.3 is 4.98 Å².